The molecule has 0 saturated carbocycles. The zero-order valence-corrected chi connectivity index (χ0v) is 15.1. The standard InChI is InChI=1S/C18H11ClF3N5O2/c19-11-2-5-13(6-3-11)27-16(18(20,21)22)15(9-24-27)29-17(28)25-12-4-1-10-8-23-26-14(10)7-12/h1-9H,(H,23,26)(H,25,28). The summed E-state index contributed by atoms with van der Waals surface area (Å²) in [6.07, 6.45) is -3.49. The van der Waals surface area contributed by atoms with Crippen molar-refractivity contribution in [2.24, 2.45) is 0 Å². The molecule has 7 nitrogen and oxygen atoms in total. The summed E-state index contributed by atoms with van der Waals surface area (Å²) in [6, 6.07) is 10.4. The molecule has 2 N–H and O–H groups in total. The molecule has 0 atom stereocenters. The van der Waals surface area contributed by atoms with Gasteiger partial charge in [0.2, 0.25) is 0 Å². The van der Waals surface area contributed by atoms with Crippen molar-refractivity contribution in [1.29, 1.82) is 0 Å². The molecule has 0 unspecified atom stereocenters. The van der Waals surface area contributed by atoms with Crippen LogP contribution in [0, 0.1) is 0 Å². The van der Waals surface area contributed by atoms with Crippen LogP contribution >= 0.6 is 11.6 Å². The van der Waals surface area contributed by atoms with Crippen LogP contribution < -0.4 is 10.1 Å². The van der Waals surface area contributed by atoms with E-state index in [1.807, 2.05) is 0 Å². The van der Waals surface area contributed by atoms with E-state index in [1.165, 1.54) is 24.3 Å². The number of fused-ring (bicyclic) bond motifs is 1. The Morgan fingerprint density at radius 2 is 1.90 bits per heavy atom. The second-order valence-corrected chi connectivity index (χ2v) is 6.37. The highest BCUT2D eigenvalue weighted by Crippen LogP contribution is 2.38. The third-order valence-corrected chi connectivity index (χ3v) is 4.22. The first-order chi connectivity index (χ1) is 13.8. The molecule has 29 heavy (non-hydrogen) atoms. The molecule has 1 amide bonds. The van der Waals surface area contributed by atoms with Crippen LogP contribution in [0.5, 0.6) is 5.75 Å². The van der Waals surface area contributed by atoms with Crippen molar-refractivity contribution in [3.63, 3.8) is 0 Å². The first-order valence-corrected chi connectivity index (χ1v) is 8.52. The van der Waals surface area contributed by atoms with Crippen molar-refractivity contribution >= 4 is 34.3 Å². The smallest absolute Gasteiger partial charge is 0.406 e. The second-order valence-electron chi connectivity index (χ2n) is 5.93. The predicted octanol–water partition coefficient (Wildman–Crippen LogP) is 5.03. The molecule has 0 radical (unpaired) electrons. The van der Waals surface area contributed by atoms with Crippen LogP contribution in [0.2, 0.25) is 5.02 Å². The van der Waals surface area contributed by atoms with Crippen molar-refractivity contribution in [3.8, 4) is 11.4 Å². The number of hydrogen-bond donors (Lipinski definition) is 2. The van der Waals surface area contributed by atoms with E-state index in [0.717, 1.165) is 11.6 Å². The first-order valence-electron chi connectivity index (χ1n) is 8.14. The van der Waals surface area contributed by atoms with Crippen molar-refractivity contribution in [3.05, 3.63) is 65.6 Å². The molecule has 0 bridgehead atoms. The Morgan fingerprint density at radius 3 is 2.62 bits per heavy atom. The number of rotatable bonds is 3. The molecule has 0 spiro atoms. The van der Waals surface area contributed by atoms with Crippen LogP contribution in [0.4, 0.5) is 23.7 Å². The molecule has 0 aliphatic heterocycles. The van der Waals surface area contributed by atoms with E-state index in [1.54, 1.807) is 24.4 Å². The molecular weight excluding hydrogens is 411 g/mol. The Hall–Kier alpha value is -3.53. The van der Waals surface area contributed by atoms with E-state index >= 15 is 0 Å². The van der Waals surface area contributed by atoms with Crippen LogP contribution in [0.3, 0.4) is 0 Å². The Kier molecular flexibility index (Phi) is 4.63. The quantitative estimate of drug-likeness (QED) is 0.486. The minimum atomic E-state index is -4.82. The average molecular weight is 422 g/mol. The average Bonchev–Trinajstić information content (AvgIpc) is 3.28. The van der Waals surface area contributed by atoms with E-state index in [2.05, 4.69) is 20.6 Å². The molecule has 4 aromatic rings. The predicted molar refractivity (Wildman–Crippen MR) is 99.3 cm³/mol. The van der Waals surface area contributed by atoms with E-state index in [0.29, 0.717) is 20.9 Å². The van der Waals surface area contributed by atoms with Crippen molar-refractivity contribution in [1.82, 2.24) is 20.0 Å². The number of halogens is 4. The molecule has 2 heterocycles. The van der Waals surface area contributed by atoms with Crippen molar-refractivity contribution in [2.75, 3.05) is 5.32 Å². The molecular formula is C18H11ClF3N5O2. The number of ether oxygens (including phenoxy) is 1. The van der Waals surface area contributed by atoms with Crippen molar-refractivity contribution < 1.29 is 22.7 Å². The molecule has 2 aromatic heterocycles. The molecule has 4 rings (SSSR count). The molecule has 11 heteroatoms. The summed E-state index contributed by atoms with van der Waals surface area (Å²) in [5, 5.41) is 13.8. The van der Waals surface area contributed by atoms with E-state index in [4.69, 9.17) is 16.3 Å². The number of nitrogens with one attached hydrogen (secondary N) is 2. The third-order valence-electron chi connectivity index (χ3n) is 3.97. The number of hydrogen-bond acceptors (Lipinski definition) is 4. The number of carbonyl (C=O) groups excluding carboxylic acids is 1. The summed E-state index contributed by atoms with van der Waals surface area (Å²) < 4.78 is 46.4. The van der Waals surface area contributed by atoms with Gasteiger partial charge in [-0.05, 0) is 42.5 Å². The normalized spacial score (nSPS) is 11.6. The highest BCUT2D eigenvalue weighted by molar-refractivity contribution is 6.30. The van der Waals surface area contributed by atoms with Gasteiger partial charge >= 0.3 is 12.3 Å². The minimum absolute atomic E-state index is 0.113. The summed E-state index contributed by atoms with van der Waals surface area (Å²) in [7, 11) is 0. The van der Waals surface area contributed by atoms with Crippen LogP contribution in [0.25, 0.3) is 16.6 Å². The van der Waals surface area contributed by atoms with Crippen LogP contribution in [-0.2, 0) is 6.18 Å². The topological polar surface area (TPSA) is 84.8 Å². The zero-order chi connectivity index (χ0) is 20.6. The van der Waals surface area contributed by atoms with Gasteiger partial charge in [-0.25, -0.2) is 9.48 Å². The van der Waals surface area contributed by atoms with Gasteiger partial charge in [-0.15, -0.1) is 0 Å². The van der Waals surface area contributed by atoms with Gasteiger partial charge in [-0.3, -0.25) is 10.4 Å². The number of alkyl halides is 3. The monoisotopic (exact) mass is 421 g/mol. The Balaban J connectivity index is 1.60. The van der Waals surface area contributed by atoms with Crippen LogP contribution in [-0.4, -0.2) is 26.1 Å². The number of nitrogens with zero attached hydrogens (tertiary/aromatic N) is 3. The molecule has 148 valence electrons. The lowest BCUT2D eigenvalue weighted by atomic mass is 10.2. The molecule has 0 aliphatic rings. The fourth-order valence-electron chi connectivity index (χ4n) is 2.70. The summed E-state index contributed by atoms with van der Waals surface area (Å²) in [4.78, 5) is 12.1. The zero-order valence-electron chi connectivity index (χ0n) is 14.4. The van der Waals surface area contributed by atoms with Gasteiger partial charge in [-0.2, -0.15) is 23.4 Å². The first kappa shape index (κ1) is 18.8. The molecule has 0 fully saturated rings. The van der Waals surface area contributed by atoms with Gasteiger partial charge in [0, 0.05) is 16.1 Å². The third kappa shape index (κ3) is 3.87. The van der Waals surface area contributed by atoms with Crippen LogP contribution in [0.1, 0.15) is 5.69 Å². The van der Waals surface area contributed by atoms with E-state index in [-0.39, 0.29) is 5.69 Å². The number of anilines is 1. The lowest BCUT2D eigenvalue weighted by Gasteiger charge is -2.13. The maximum Gasteiger partial charge on any atom is 0.437 e. The SMILES string of the molecule is O=C(Nc1ccc2cn[nH]c2c1)Oc1cnn(-c2ccc(Cl)cc2)c1C(F)(F)F. The number of carbonyl (C=O) groups is 1. The largest absolute Gasteiger partial charge is 0.437 e. The summed E-state index contributed by atoms with van der Waals surface area (Å²) in [5.74, 6) is -0.729. The van der Waals surface area contributed by atoms with Gasteiger partial charge in [-0.1, -0.05) is 11.6 Å². The van der Waals surface area contributed by atoms with Gasteiger partial charge in [0.05, 0.1) is 23.6 Å². The number of aromatic amines is 1. The Labute approximate surface area is 166 Å². The van der Waals surface area contributed by atoms with Crippen molar-refractivity contribution in [2.45, 2.75) is 6.18 Å². The van der Waals surface area contributed by atoms with Crippen LogP contribution in [0.15, 0.2) is 54.9 Å². The maximum absolute atomic E-state index is 13.6. The van der Waals surface area contributed by atoms with E-state index < -0.39 is 23.7 Å². The maximum atomic E-state index is 13.6. The molecule has 0 aliphatic carbocycles. The Bertz CT molecular complexity index is 1180. The lowest BCUT2D eigenvalue weighted by Crippen LogP contribution is -2.20. The lowest BCUT2D eigenvalue weighted by molar-refractivity contribution is -0.143. The molecule has 2 aromatic carbocycles. The summed E-state index contributed by atoms with van der Waals surface area (Å²) in [5.41, 5.74) is -0.139. The summed E-state index contributed by atoms with van der Waals surface area (Å²) >= 11 is 5.77. The number of H-pyrrole nitrogens is 1. The fraction of sp³-hybridized carbons (Fsp3) is 0.0556. The highest BCUT2D eigenvalue weighted by Gasteiger charge is 2.40. The minimum Gasteiger partial charge on any atom is -0.406 e. The van der Waals surface area contributed by atoms with Gasteiger partial charge in [0.25, 0.3) is 0 Å². The fourth-order valence-corrected chi connectivity index (χ4v) is 2.83. The number of amides is 1. The number of aromatic nitrogens is 4. The Morgan fingerprint density at radius 1 is 1.14 bits per heavy atom. The van der Waals surface area contributed by atoms with Gasteiger partial charge in [0.15, 0.2) is 11.4 Å². The molecule has 0 saturated heterocycles. The second kappa shape index (κ2) is 7.13. The highest BCUT2D eigenvalue weighted by atomic mass is 35.5. The summed E-state index contributed by atoms with van der Waals surface area (Å²) in [6.45, 7) is 0. The van der Waals surface area contributed by atoms with E-state index in [9.17, 15) is 18.0 Å². The number of benzene rings is 2. The van der Waals surface area contributed by atoms with Gasteiger partial charge < -0.3 is 4.74 Å². The van der Waals surface area contributed by atoms with Gasteiger partial charge in [0.1, 0.15) is 0 Å².